The minimum atomic E-state index is -5.39. The Bertz CT molecular complexity index is 140. The van der Waals surface area contributed by atoms with E-state index in [1.54, 1.807) is 0 Å². The maximum atomic E-state index is 8.88. The van der Waals surface area contributed by atoms with E-state index in [1.165, 1.54) is 0 Å². The Kier molecular flexibility index (Phi) is 61.1. The van der Waals surface area contributed by atoms with Crippen molar-refractivity contribution < 1.29 is 191 Å². The Hall–Kier alpha value is 5.15. The minimum Gasteiger partial charge on any atom is -1.00 e. The van der Waals surface area contributed by atoms with Crippen molar-refractivity contribution in [1.82, 2.24) is 0 Å². The van der Waals surface area contributed by atoms with Crippen molar-refractivity contribution in [2.45, 2.75) is 0 Å². The molecule has 3 N–H and O–H groups in total. The van der Waals surface area contributed by atoms with Gasteiger partial charge in [0.15, 0.2) is 0 Å². The summed E-state index contributed by atoms with van der Waals surface area (Å²) < 4.78 is 17.4. The van der Waals surface area contributed by atoms with E-state index < -0.39 is 15.6 Å². The molecule has 8 nitrogen and oxygen atoms in total. The molecule has 0 bridgehead atoms. The average Bonchev–Trinajstić information content (AvgIpc) is 1.12. The molecule has 15 heavy (non-hydrogen) atoms. The number of phosphoric acid groups is 2. The van der Waals surface area contributed by atoms with Crippen LogP contribution in [-0.2, 0) is 9.13 Å². The summed E-state index contributed by atoms with van der Waals surface area (Å²) in [6, 6.07) is 0. The zero-order valence-corrected chi connectivity index (χ0v) is 20.3. The van der Waals surface area contributed by atoms with Gasteiger partial charge in [-0.05, 0) is 0 Å². The Balaban J connectivity index is -0.0000000128. The van der Waals surface area contributed by atoms with E-state index in [0.29, 0.717) is 0 Å². The molecule has 0 rings (SSSR count). The summed E-state index contributed by atoms with van der Waals surface area (Å²) in [6.07, 6.45) is 0. The molecule has 0 heterocycles. The molecule has 0 spiro atoms. The van der Waals surface area contributed by atoms with Gasteiger partial charge in [0.05, 0.1) is 0 Å². The van der Waals surface area contributed by atoms with E-state index in [4.69, 9.17) is 38.5 Å². The first-order chi connectivity index (χ1) is 4.00. The van der Waals surface area contributed by atoms with Crippen molar-refractivity contribution >= 4 is 15.6 Å². The first kappa shape index (κ1) is 42.7. The van der Waals surface area contributed by atoms with Crippen LogP contribution in [0.15, 0.2) is 0 Å². The van der Waals surface area contributed by atoms with Crippen LogP contribution in [0.25, 0.3) is 0 Å². The van der Waals surface area contributed by atoms with Crippen LogP contribution in [0.2, 0.25) is 0 Å². The van der Waals surface area contributed by atoms with Crippen LogP contribution >= 0.6 is 15.6 Å². The molecule has 0 amide bonds. The summed E-state index contributed by atoms with van der Waals surface area (Å²) in [7, 11) is -10.0. The molecule has 0 saturated carbocycles. The van der Waals surface area contributed by atoms with Gasteiger partial charge in [0, 0.05) is 0 Å². The van der Waals surface area contributed by atoms with Crippen molar-refractivity contribution in [3.63, 3.8) is 0 Å². The van der Waals surface area contributed by atoms with Gasteiger partial charge >= 0.3 is 148 Å². The molecule has 0 aromatic rings. The predicted molar refractivity (Wildman–Crippen MR) is 21.9 cm³/mol. The van der Waals surface area contributed by atoms with Gasteiger partial charge in [0.1, 0.15) is 0 Å². The SMILES string of the molecule is O=P(O)(O)O.O=P([O-])([O-])[O-].[Cl-].[K+].[Na+].[Na+].[Na+]. The smallest absolute Gasteiger partial charge is 1.00 e. The second-order valence-electron chi connectivity index (χ2n) is 0.960. The van der Waals surface area contributed by atoms with Crippen molar-refractivity contribution in [3.05, 3.63) is 0 Å². The fourth-order valence-corrected chi connectivity index (χ4v) is 0. The van der Waals surface area contributed by atoms with Crippen LogP contribution in [0.5, 0.6) is 0 Å². The van der Waals surface area contributed by atoms with Gasteiger partial charge in [-0.15, -0.1) is 0 Å². The molecule has 0 aliphatic rings. The molecule has 0 aromatic heterocycles. The molecule has 0 unspecified atom stereocenters. The third kappa shape index (κ3) is 213. The molecule has 0 aromatic carbocycles. The van der Waals surface area contributed by atoms with E-state index >= 15 is 0 Å². The van der Waals surface area contributed by atoms with Crippen LogP contribution < -0.4 is 167 Å². The summed E-state index contributed by atoms with van der Waals surface area (Å²) in [5.74, 6) is 0. The zero-order chi connectivity index (χ0) is 9.00. The van der Waals surface area contributed by atoms with Crippen molar-refractivity contribution in [3.8, 4) is 0 Å². The van der Waals surface area contributed by atoms with E-state index in [-0.39, 0.29) is 152 Å². The molecule has 72 valence electrons. The largest absolute Gasteiger partial charge is 1.00 e. The Morgan fingerprint density at radius 1 is 0.800 bits per heavy atom. The molecular formula is H3ClKNa3O8P2. The van der Waals surface area contributed by atoms with E-state index in [9.17, 15) is 0 Å². The summed E-state index contributed by atoms with van der Waals surface area (Å²) in [4.78, 5) is 47.2. The fourth-order valence-electron chi connectivity index (χ4n) is 0. The van der Waals surface area contributed by atoms with Crippen LogP contribution in [0.1, 0.15) is 0 Å². The Morgan fingerprint density at radius 3 is 0.800 bits per heavy atom. The Morgan fingerprint density at radius 2 is 0.800 bits per heavy atom. The van der Waals surface area contributed by atoms with Crippen molar-refractivity contribution in [2.24, 2.45) is 0 Å². The summed E-state index contributed by atoms with van der Waals surface area (Å²) in [5, 5.41) is 0. The van der Waals surface area contributed by atoms with Crippen LogP contribution in [0.3, 0.4) is 0 Å². The van der Waals surface area contributed by atoms with Gasteiger partial charge in [-0.3, -0.25) is 0 Å². The zero-order valence-electron chi connectivity index (χ0n) is 8.66. The van der Waals surface area contributed by atoms with Gasteiger partial charge in [-0.2, -0.15) is 7.82 Å². The molecule has 0 aliphatic heterocycles. The Labute approximate surface area is 202 Å². The van der Waals surface area contributed by atoms with Crippen LogP contribution in [0.4, 0.5) is 0 Å². The van der Waals surface area contributed by atoms with Crippen molar-refractivity contribution in [1.29, 1.82) is 0 Å². The summed E-state index contributed by atoms with van der Waals surface area (Å²) in [6.45, 7) is 0. The minimum absolute atomic E-state index is 0. The predicted octanol–water partition coefficient (Wildman–Crippen LogP) is -18.7. The molecule has 0 atom stereocenters. The molecule has 15 heteroatoms. The maximum absolute atomic E-state index is 8.88. The molecular weight excluding hydrogens is 333 g/mol. The normalized spacial score (nSPS) is 7.87. The second kappa shape index (κ2) is 21.4. The van der Waals surface area contributed by atoms with E-state index in [0.717, 1.165) is 0 Å². The maximum Gasteiger partial charge on any atom is 1.00 e. The van der Waals surface area contributed by atoms with Gasteiger partial charge in [-0.1, -0.05) is 0 Å². The third-order valence-electron chi connectivity index (χ3n) is 0. The van der Waals surface area contributed by atoms with E-state index in [1.807, 2.05) is 0 Å². The first-order valence-corrected chi connectivity index (χ1v) is 4.54. The molecule has 0 radical (unpaired) electrons. The summed E-state index contributed by atoms with van der Waals surface area (Å²) in [5.41, 5.74) is 0. The van der Waals surface area contributed by atoms with Crippen LogP contribution in [0, 0.1) is 0 Å². The van der Waals surface area contributed by atoms with Gasteiger partial charge in [0.2, 0.25) is 0 Å². The number of hydrogen-bond acceptors (Lipinski definition) is 5. The van der Waals surface area contributed by atoms with Gasteiger partial charge < -0.3 is 46.3 Å². The molecule has 0 saturated heterocycles. The number of halogens is 1. The molecule has 0 aliphatic carbocycles. The van der Waals surface area contributed by atoms with E-state index in [2.05, 4.69) is 0 Å². The quantitative estimate of drug-likeness (QED) is 0.290. The van der Waals surface area contributed by atoms with Gasteiger partial charge in [-0.25, -0.2) is 4.57 Å². The van der Waals surface area contributed by atoms with Crippen LogP contribution in [-0.4, -0.2) is 14.7 Å². The summed E-state index contributed by atoms with van der Waals surface area (Å²) >= 11 is 0. The fraction of sp³-hybridized carbons (Fsp3) is 0. The average molecular weight is 336 g/mol. The second-order valence-corrected chi connectivity index (χ2v) is 2.88. The monoisotopic (exact) mass is 336 g/mol. The standard InChI is InChI=1S/ClH.K.3Na.2H3O4P/c;;;;;2*1-5(2,3)4/h1H;;;;;2*(H3,1,2,3,4)/q;4*+1;;/p-4. The molecule has 0 fully saturated rings. The first-order valence-electron chi connectivity index (χ1n) is 1.51. The number of hydrogen-bond donors (Lipinski definition) is 3. The third-order valence-corrected chi connectivity index (χ3v) is 0. The topological polar surface area (TPSA) is 164 Å². The van der Waals surface area contributed by atoms with Gasteiger partial charge in [0.25, 0.3) is 0 Å². The van der Waals surface area contributed by atoms with Crippen molar-refractivity contribution in [2.75, 3.05) is 0 Å². The number of rotatable bonds is 0.